The Hall–Kier alpha value is -1.09. The highest BCUT2D eigenvalue weighted by Crippen LogP contribution is 2.13. The molecule has 1 aliphatic heterocycles. The highest BCUT2D eigenvalue weighted by atomic mass is 16.5. The van der Waals surface area contributed by atoms with E-state index in [0.717, 1.165) is 32.7 Å². The van der Waals surface area contributed by atoms with Crippen molar-refractivity contribution in [3.8, 4) is 0 Å². The van der Waals surface area contributed by atoms with E-state index >= 15 is 0 Å². The fourth-order valence-electron chi connectivity index (χ4n) is 1.59. The third-order valence-electron chi connectivity index (χ3n) is 2.36. The van der Waals surface area contributed by atoms with Crippen LogP contribution in [0, 0.1) is 5.41 Å². The number of hydrogen-bond donors (Lipinski definition) is 1. The van der Waals surface area contributed by atoms with Crippen LogP contribution in [0.4, 0.5) is 0 Å². The first-order valence-electron chi connectivity index (χ1n) is 4.64. The molecular weight excluding hydrogens is 164 g/mol. The Kier molecular flexibility index (Phi) is 2.45. The Morgan fingerprint density at radius 1 is 1.23 bits per heavy atom. The molecule has 2 rings (SSSR count). The second kappa shape index (κ2) is 3.75. The van der Waals surface area contributed by atoms with E-state index in [4.69, 9.17) is 10.1 Å². The van der Waals surface area contributed by atoms with Gasteiger partial charge in [-0.1, -0.05) is 6.08 Å². The summed E-state index contributed by atoms with van der Waals surface area (Å²) in [5.74, 6) is 0. The van der Waals surface area contributed by atoms with Crippen LogP contribution in [-0.2, 0) is 4.74 Å². The topological polar surface area (TPSA) is 36.3 Å². The van der Waals surface area contributed by atoms with Gasteiger partial charge in [0.2, 0.25) is 0 Å². The Bertz CT molecular complexity index is 262. The van der Waals surface area contributed by atoms with Crippen molar-refractivity contribution in [2.45, 2.75) is 6.42 Å². The van der Waals surface area contributed by atoms with Crippen molar-refractivity contribution in [3.63, 3.8) is 0 Å². The lowest BCUT2D eigenvalue weighted by atomic mass is 10.1. The standard InChI is InChI=1S/C10H14N2O/c11-9-1-3-10(4-2-9)12-5-7-13-8-6-12/h1,3-4,11H,2,5-8H2. The van der Waals surface area contributed by atoms with Crippen LogP contribution in [0.25, 0.3) is 0 Å². The zero-order chi connectivity index (χ0) is 9.10. The van der Waals surface area contributed by atoms with Crippen LogP contribution < -0.4 is 0 Å². The van der Waals surface area contributed by atoms with Crippen molar-refractivity contribution >= 4 is 5.71 Å². The van der Waals surface area contributed by atoms with Crippen molar-refractivity contribution in [2.24, 2.45) is 0 Å². The number of morpholine rings is 1. The first kappa shape index (κ1) is 8.51. The number of nitrogens with one attached hydrogen (secondary N) is 1. The largest absolute Gasteiger partial charge is 0.378 e. The van der Waals surface area contributed by atoms with Crippen LogP contribution in [0.3, 0.4) is 0 Å². The maximum Gasteiger partial charge on any atom is 0.0642 e. The maximum absolute atomic E-state index is 7.42. The van der Waals surface area contributed by atoms with E-state index in [1.807, 2.05) is 12.2 Å². The van der Waals surface area contributed by atoms with E-state index in [0.29, 0.717) is 5.71 Å². The Balaban J connectivity index is 2.00. The van der Waals surface area contributed by atoms with Crippen molar-refractivity contribution in [1.82, 2.24) is 4.90 Å². The van der Waals surface area contributed by atoms with Crippen LogP contribution >= 0.6 is 0 Å². The third kappa shape index (κ3) is 1.98. The summed E-state index contributed by atoms with van der Waals surface area (Å²) < 4.78 is 5.28. The lowest BCUT2D eigenvalue weighted by Gasteiger charge is -2.30. The van der Waals surface area contributed by atoms with Crippen molar-refractivity contribution in [2.75, 3.05) is 26.3 Å². The molecular formula is C10H14N2O. The van der Waals surface area contributed by atoms with Crippen LogP contribution in [0.2, 0.25) is 0 Å². The number of rotatable bonds is 1. The lowest BCUT2D eigenvalue weighted by Crippen LogP contribution is -2.35. The molecule has 0 aromatic heterocycles. The first-order chi connectivity index (χ1) is 6.36. The van der Waals surface area contributed by atoms with Gasteiger partial charge in [-0.25, -0.2) is 0 Å². The SMILES string of the molecule is N=C1C=CC(N2CCOCC2)=CC1. The van der Waals surface area contributed by atoms with E-state index < -0.39 is 0 Å². The predicted octanol–water partition coefficient (Wildman–Crippen LogP) is 1.18. The highest BCUT2D eigenvalue weighted by Gasteiger charge is 2.13. The molecule has 0 saturated carbocycles. The molecule has 0 aromatic carbocycles. The van der Waals surface area contributed by atoms with Gasteiger partial charge in [-0.05, 0) is 12.2 Å². The second-order valence-electron chi connectivity index (χ2n) is 3.29. The van der Waals surface area contributed by atoms with Gasteiger partial charge in [0.25, 0.3) is 0 Å². The monoisotopic (exact) mass is 178 g/mol. The summed E-state index contributed by atoms with van der Waals surface area (Å²) in [5, 5.41) is 7.42. The summed E-state index contributed by atoms with van der Waals surface area (Å²) in [7, 11) is 0. The van der Waals surface area contributed by atoms with E-state index in [1.165, 1.54) is 5.70 Å². The minimum atomic E-state index is 0.692. The third-order valence-corrected chi connectivity index (χ3v) is 2.36. The molecule has 13 heavy (non-hydrogen) atoms. The molecule has 1 aliphatic carbocycles. The average Bonchev–Trinajstić information content (AvgIpc) is 2.20. The van der Waals surface area contributed by atoms with Crippen LogP contribution in [-0.4, -0.2) is 36.9 Å². The minimum Gasteiger partial charge on any atom is -0.378 e. The number of allylic oxidation sites excluding steroid dienone is 3. The highest BCUT2D eigenvalue weighted by molar-refractivity contribution is 5.94. The predicted molar refractivity (Wildman–Crippen MR) is 52.0 cm³/mol. The van der Waals surface area contributed by atoms with Crippen LogP contribution in [0.1, 0.15) is 6.42 Å². The molecule has 1 fully saturated rings. The summed E-state index contributed by atoms with van der Waals surface area (Å²) in [5.41, 5.74) is 1.94. The van der Waals surface area contributed by atoms with Gasteiger partial charge >= 0.3 is 0 Å². The van der Waals surface area contributed by atoms with Gasteiger partial charge in [0.05, 0.1) is 13.2 Å². The number of nitrogens with zero attached hydrogens (tertiary/aromatic N) is 1. The summed E-state index contributed by atoms with van der Waals surface area (Å²) in [4.78, 5) is 2.31. The first-order valence-corrected chi connectivity index (χ1v) is 4.64. The lowest BCUT2D eigenvalue weighted by molar-refractivity contribution is 0.0552. The molecule has 2 aliphatic rings. The molecule has 0 unspecified atom stereocenters. The van der Waals surface area contributed by atoms with Crippen molar-refractivity contribution < 1.29 is 4.74 Å². The fraction of sp³-hybridized carbons (Fsp3) is 0.500. The molecule has 0 atom stereocenters. The molecule has 0 aromatic rings. The quantitative estimate of drug-likeness (QED) is 0.654. The molecule has 1 heterocycles. The van der Waals surface area contributed by atoms with Gasteiger partial charge in [-0.3, -0.25) is 0 Å². The zero-order valence-electron chi connectivity index (χ0n) is 7.62. The van der Waals surface area contributed by atoms with Gasteiger partial charge < -0.3 is 15.0 Å². The van der Waals surface area contributed by atoms with Crippen molar-refractivity contribution in [3.05, 3.63) is 23.9 Å². The minimum absolute atomic E-state index is 0.692. The summed E-state index contributed by atoms with van der Waals surface area (Å²) in [6, 6.07) is 0. The van der Waals surface area contributed by atoms with E-state index in [2.05, 4.69) is 11.0 Å². The Morgan fingerprint density at radius 2 is 2.00 bits per heavy atom. The van der Waals surface area contributed by atoms with E-state index in [1.54, 1.807) is 0 Å². The normalized spacial score (nSPS) is 23.2. The number of ether oxygens (including phenoxy) is 1. The number of hydrogen-bond acceptors (Lipinski definition) is 3. The molecule has 70 valence electrons. The fourth-order valence-corrected chi connectivity index (χ4v) is 1.59. The summed E-state index contributed by atoms with van der Waals surface area (Å²) in [6.07, 6.45) is 6.79. The average molecular weight is 178 g/mol. The van der Waals surface area contributed by atoms with Gasteiger partial charge in [-0.2, -0.15) is 0 Å². The molecule has 3 heteroatoms. The summed E-state index contributed by atoms with van der Waals surface area (Å²) >= 11 is 0. The maximum atomic E-state index is 7.42. The molecule has 0 spiro atoms. The van der Waals surface area contributed by atoms with Crippen LogP contribution in [0.15, 0.2) is 23.9 Å². The van der Waals surface area contributed by atoms with Crippen molar-refractivity contribution in [1.29, 1.82) is 5.41 Å². The van der Waals surface area contributed by atoms with Gasteiger partial charge in [0.15, 0.2) is 0 Å². The molecule has 1 N–H and O–H groups in total. The van der Waals surface area contributed by atoms with E-state index in [-0.39, 0.29) is 0 Å². The molecule has 0 bridgehead atoms. The van der Waals surface area contributed by atoms with Gasteiger partial charge in [0.1, 0.15) is 0 Å². The molecule has 1 saturated heterocycles. The zero-order valence-corrected chi connectivity index (χ0v) is 7.62. The smallest absolute Gasteiger partial charge is 0.0642 e. The van der Waals surface area contributed by atoms with Crippen LogP contribution in [0.5, 0.6) is 0 Å². The molecule has 3 nitrogen and oxygen atoms in total. The summed E-state index contributed by atoms with van der Waals surface area (Å²) in [6.45, 7) is 3.60. The molecule has 0 amide bonds. The Labute approximate surface area is 78.2 Å². The second-order valence-corrected chi connectivity index (χ2v) is 3.29. The van der Waals surface area contributed by atoms with Gasteiger partial charge in [-0.15, -0.1) is 0 Å². The van der Waals surface area contributed by atoms with E-state index in [9.17, 15) is 0 Å². The Morgan fingerprint density at radius 3 is 2.62 bits per heavy atom. The molecule has 0 radical (unpaired) electrons. The van der Waals surface area contributed by atoms with Gasteiger partial charge in [0, 0.05) is 30.9 Å².